The molecule has 0 atom stereocenters. The molecule has 1 fully saturated rings. The molecule has 0 radical (unpaired) electrons. The maximum absolute atomic E-state index is 13.2. The van der Waals surface area contributed by atoms with Gasteiger partial charge >= 0.3 is 5.69 Å². The molecule has 1 aliphatic rings. The summed E-state index contributed by atoms with van der Waals surface area (Å²) in [6.45, 7) is 0. The van der Waals surface area contributed by atoms with Crippen molar-refractivity contribution < 1.29 is 0 Å². The lowest BCUT2D eigenvalue weighted by Gasteiger charge is -2.23. The molecule has 6 heteroatoms. The van der Waals surface area contributed by atoms with E-state index in [0.29, 0.717) is 0 Å². The van der Waals surface area contributed by atoms with Gasteiger partial charge in [0.25, 0.3) is 0 Å². The first-order valence-corrected chi connectivity index (χ1v) is 10.9. The van der Waals surface area contributed by atoms with Crippen LogP contribution >= 0.6 is 0 Å². The first kappa shape index (κ1) is 18.2. The van der Waals surface area contributed by atoms with E-state index in [2.05, 4.69) is 22.1 Å². The molecule has 0 N–H and O–H groups in total. The molecule has 31 heavy (non-hydrogen) atoms. The van der Waals surface area contributed by atoms with Crippen LogP contribution in [0.25, 0.3) is 44.2 Å². The van der Waals surface area contributed by atoms with Crippen molar-refractivity contribution in [2.45, 2.75) is 38.1 Å². The van der Waals surface area contributed by atoms with Crippen LogP contribution in [0.1, 0.15) is 38.1 Å². The fourth-order valence-corrected chi connectivity index (χ4v) is 4.94. The van der Waals surface area contributed by atoms with Crippen LogP contribution in [-0.2, 0) is 7.05 Å². The number of pyridine rings is 3. The van der Waals surface area contributed by atoms with Crippen molar-refractivity contribution in [1.29, 1.82) is 0 Å². The smallest absolute Gasteiger partial charge is 0.293 e. The molecule has 0 unspecified atom stereocenters. The third-order valence-corrected chi connectivity index (χ3v) is 6.59. The van der Waals surface area contributed by atoms with Crippen LogP contribution in [0.2, 0.25) is 0 Å². The fraction of sp³-hybridized carbons (Fsp3) is 0.280. The third kappa shape index (κ3) is 2.86. The molecule has 0 spiro atoms. The van der Waals surface area contributed by atoms with E-state index in [1.54, 1.807) is 10.8 Å². The second-order valence-electron chi connectivity index (χ2n) is 8.48. The van der Waals surface area contributed by atoms with E-state index in [1.807, 2.05) is 48.1 Å². The summed E-state index contributed by atoms with van der Waals surface area (Å²) in [5.41, 5.74) is 6.11. The Bertz CT molecular complexity index is 1510. The summed E-state index contributed by atoms with van der Waals surface area (Å²) >= 11 is 0. The number of aryl methyl sites for hydroxylation is 1. The zero-order valence-corrected chi connectivity index (χ0v) is 17.5. The van der Waals surface area contributed by atoms with Gasteiger partial charge < -0.3 is 0 Å². The maximum Gasteiger partial charge on any atom is 0.329 e. The first-order chi connectivity index (χ1) is 15.2. The van der Waals surface area contributed by atoms with E-state index < -0.39 is 0 Å². The lowest BCUT2D eigenvalue weighted by Crippen LogP contribution is -2.27. The molecule has 5 aromatic rings. The number of imidazole rings is 1. The van der Waals surface area contributed by atoms with Crippen LogP contribution in [0.4, 0.5) is 0 Å². The van der Waals surface area contributed by atoms with Gasteiger partial charge in [-0.25, -0.2) is 9.78 Å². The van der Waals surface area contributed by atoms with Crippen molar-refractivity contribution in [2.24, 2.45) is 7.05 Å². The highest BCUT2D eigenvalue weighted by atomic mass is 16.1. The number of benzene rings is 1. The van der Waals surface area contributed by atoms with E-state index in [9.17, 15) is 4.79 Å². The van der Waals surface area contributed by atoms with Crippen molar-refractivity contribution >= 4 is 33.0 Å². The number of hydrogen-bond acceptors (Lipinski definition) is 4. The maximum atomic E-state index is 13.2. The predicted octanol–water partition coefficient (Wildman–Crippen LogP) is 5.00. The van der Waals surface area contributed by atoms with Crippen molar-refractivity contribution in [3.8, 4) is 11.3 Å². The van der Waals surface area contributed by atoms with Crippen LogP contribution in [0.3, 0.4) is 0 Å². The second kappa shape index (κ2) is 7.01. The average Bonchev–Trinajstić information content (AvgIpc) is 3.09. The van der Waals surface area contributed by atoms with Gasteiger partial charge in [0.05, 0.1) is 34.0 Å². The summed E-state index contributed by atoms with van der Waals surface area (Å²) in [6, 6.07) is 14.4. The topological polar surface area (TPSA) is 65.6 Å². The molecule has 154 valence electrons. The SMILES string of the molecule is Cn1c(=O)n(C2CCCCC2)c2c3nc(-c4cnc5ccccc5c4)ccc3ncc21. The molecule has 0 saturated heterocycles. The highest BCUT2D eigenvalue weighted by Crippen LogP contribution is 2.32. The molecule has 0 bridgehead atoms. The van der Waals surface area contributed by atoms with Gasteiger partial charge in [-0.15, -0.1) is 0 Å². The first-order valence-electron chi connectivity index (χ1n) is 10.9. The largest absolute Gasteiger partial charge is 0.329 e. The minimum absolute atomic E-state index is 0.0239. The minimum atomic E-state index is 0.0239. The van der Waals surface area contributed by atoms with Gasteiger partial charge in [-0.3, -0.25) is 19.1 Å². The van der Waals surface area contributed by atoms with Crippen molar-refractivity contribution in [3.63, 3.8) is 0 Å². The number of hydrogen-bond donors (Lipinski definition) is 0. The molecular formula is C25H23N5O. The van der Waals surface area contributed by atoms with Crippen LogP contribution < -0.4 is 5.69 Å². The van der Waals surface area contributed by atoms with E-state index in [1.165, 1.54) is 6.42 Å². The summed E-state index contributed by atoms with van der Waals surface area (Å²) in [4.78, 5) is 27.4. The monoisotopic (exact) mass is 409 g/mol. The van der Waals surface area contributed by atoms with Gasteiger partial charge in [0.1, 0.15) is 5.52 Å². The number of aromatic nitrogens is 5. The molecule has 6 rings (SSSR count). The van der Waals surface area contributed by atoms with Gasteiger partial charge in [0.15, 0.2) is 0 Å². The van der Waals surface area contributed by atoms with E-state index in [0.717, 1.165) is 69.9 Å². The number of para-hydroxylation sites is 1. The highest BCUT2D eigenvalue weighted by Gasteiger charge is 2.23. The Balaban J connectivity index is 1.61. The molecule has 4 heterocycles. The molecule has 1 saturated carbocycles. The lowest BCUT2D eigenvalue weighted by molar-refractivity contribution is 0.351. The average molecular weight is 409 g/mol. The zero-order valence-electron chi connectivity index (χ0n) is 17.5. The molecule has 6 nitrogen and oxygen atoms in total. The normalized spacial score (nSPS) is 15.3. The molecule has 4 aromatic heterocycles. The lowest BCUT2D eigenvalue weighted by atomic mass is 9.95. The van der Waals surface area contributed by atoms with E-state index >= 15 is 0 Å². The Morgan fingerprint density at radius 2 is 1.74 bits per heavy atom. The van der Waals surface area contributed by atoms with Crippen LogP contribution in [0.5, 0.6) is 0 Å². The Hall–Kier alpha value is -3.54. The Morgan fingerprint density at radius 3 is 2.61 bits per heavy atom. The number of nitrogens with zero attached hydrogens (tertiary/aromatic N) is 5. The Labute approximate surface area is 179 Å². The van der Waals surface area contributed by atoms with Gasteiger partial charge in [-0.05, 0) is 37.1 Å². The summed E-state index contributed by atoms with van der Waals surface area (Å²) < 4.78 is 3.69. The van der Waals surface area contributed by atoms with E-state index in [-0.39, 0.29) is 11.7 Å². The van der Waals surface area contributed by atoms with Crippen LogP contribution in [0.15, 0.2) is 59.7 Å². The van der Waals surface area contributed by atoms with Crippen molar-refractivity contribution in [2.75, 3.05) is 0 Å². The van der Waals surface area contributed by atoms with Gasteiger partial charge in [-0.1, -0.05) is 37.5 Å². The van der Waals surface area contributed by atoms with Gasteiger partial charge in [0.2, 0.25) is 0 Å². The Kier molecular flexibility index (Phi) is 4.13. The molecule has 1 aromatic carbocycles. The number of fused-ring (bicyclic) bond motifs is 4. The van der Waals surface area contributed by atoms with E-state index in [4.69, 9.17) is 4.98 Å². The van der Waals surface area contributed by atoms with Crippen molar-refractivity contribution in [3.05, 3.63) is 65.3 Å². The quantitative estimate of drug-likeness (QED) is 0.411. The summed E-state index contributed by atoms with van der Waals surface area (Å²) in [5, 5.41) is 1.08. The fourth-order valence-electron chi connectivity index (χ4n) is 4.94. The second-order valence-corrected chi connectivity index (χ2v) is 8.48. The summed E-state index contributed by atoms with van der Waals surface area (Å²) in [6.07, 6.45) is 9.32. The minimum Gasteiger partial charge on any atom is -0.293 e. The zero-order chi connectivity index (χ0) is 20.9. The predicted molar refractivity (Wildman–Crippen MR) is 123 cm³/mol. The molecule has 0 amide bonds. The third-order valence-electron chi connectivity index (χ3n) is 6.59. The number of rotatable bonds is 2. The molecular weight excluding hydrogens is 386 g/mol. The van der Waals surface area contributed by atoms with Crippen molar-refractivity contribution in [1.82, 2.24) is 24.1 Å². The van der Waals surface area contributed by atoms with Gasteiger partial charge in [0, 0.05) is 30.2 Å². The molecule has 1 aliphatic carbocycles. The molecule has 0 aliphatic heterocycles. The van der Waals surface area contributed by atoms with Gasteiger partial charge in [-0.2, -0.15) is 0 Å². The Morgan fingerprint density at radius 1 is 0.935 bits per heavy atom. The van der Waals surface area contributed by atoms with Crippen LogP contribution in [-0.4, -0.2) is 24.1 Å². The van der Waals surface area contributed by atoms with Crippen LogP contribution in [0, 0.1) is 0 Å². The summed E-state index contributed by atoms with van der Waals surface area (Å²) in [5.74, 6) is 0. The highest BCUT2D eigenvalue weighted by molar-refractivity contribution is 6.00. The summed E-state index contributed by atoms with van der Waals surface area (Å²) in [7, 11) is 1.83. The standard InChI is InChI=1S/C25H23N5O/c1-29-22-15-27-21-12-11-20(17-13-16-7-5-6-10-19(16)26-14-17)28-23(21)24(22)30(25(29)31)18-8-3-2-4-9-18/h5-7,10-15,18H,2-4,8-9H2,1H3.